The second-order valence-electron chi connectivity index (χ2n) is 4.84. The van der Waals surface area contributed by atoms with Crippen LogP contribution in [-0.4, -0.2) is 25.1 Å². The maximum absolute atomic E-state index is 11.9. The molecule has 0 saturated carbocycles. The summed E-state index contributed by atoms with van der Waals surface area (Å²) in [6, 6.07) is 5.33. The first-order valence-electron chi connectivity index (χ1n) is 6.58. The maximum atomic E-state index is 11.9. The van der Waals surface area contributed by atoms with Crippen LogP contribution in [-0.2, 0) is 9.53 Å². The second kappa shape index (κ2) is 5.34. The molecule has 6 nitrogen and oxygen atoms in total. The van der Waals surface area contributed by atoms with Gasteiger partial charge in [0, 0.05) is 10.9 Å². The van der Waals surface area contributed by atoms with Gasteiger partial charge in [0.05, 0.1) is 12.8 Å². The van der Waals surface area contributed by atoms with Crippen LogP contribution in [0, 0.1) is 0 Å². The van der Waals surface area contributed by atoms with Crippen LogP contribution in [0.1, 0.15) is 17.3 Å². The highest BCUT2D eigenvalue weighted by Crippen LogP contribution is 2.38. The molecule has 114 valence electrons. The standard InChI is InChI=1S/C15H14N2O4S/c1-7-14(18)17-10-5-8(3-4-11(10)21-7)9-6-22-13(16)12(9)15(19)20-2/h3-7H,16H2,1-2H3,(H,17,18). The molecule has 3 N–H and O–H groups in total. The molecule has 1 unspecified atom stereocenters. The van der Waals surface area contributed by atoms with Crippen LogP contribution in [0.3, 0.4) is 0 Å². The van der Waals surface area contributed by atoms with Crippen molar-refractivity contribution in [1.29, 1.82) is 0 Å². The molecule has 1 aromatic heterocycles. The molecule has 1 aliphatic heterocycles. The Kier molecular flexibility index (Phi) is 3.50. The highest BCUT2D eigenvalue weighted by atomic mass is 32.1. The first-order valence-corrected chi connectivity index (χ1v) is 7.46. The maximum Gasteiger partial charge on any atom is 0.341 e. The third-order valence-electron chi connectivity index (χ3n) is 3.43. The average Bonchev–Trinajstić information content (AvgIpc) is 2.89. The summed E-state index contributed by atoms with van der Waals surface area (Å²) in [7, 11) is 1.31. The molecule has 0 fully saturated rings. The monoisotopic (exact) mass is 318 g/mol. The molecule has 1 atom stereocenters. The first-order chi connectivity index (χ1) is 10.5. The predicted molar refractivity (Wildman–Crippen MR) is 84.2 cm³/mol. The number of fused-ring (bicyclic) bond motifs is 1. The van der Waals surface area contributed by atoms with E-state index in [-0.39, 0.29) is 5.91 Å². The molecule has 1 aromatic carbocycles. The lowest BCUT2D eigenvalue weighted by molar-refractivity contribution is -0.122. The van der Waals surface area contributed by atoms with Crippen molar-refractivity contribution in [3.8, 4) is 16.9 Å². The number of hydrogen-bond acceptors (Lipinski definition) is 6. The number of hydrogen-bond donors (Lipinski definition) is 2. The summed E-state index contributed by atoms with van der Waals surface area (Å²) in [5.74, 6) is -0.0956. The van der Waals surface area contributed by atoms with Gasteiger partial charge in [0.15, 0.2) is 6.10 Å². The van der Waals surface area contributed by atoms with Gasteiger partial charge >= 0.3 is 5.97 Å². The van der Waals surface area contributed by atoms with Crippen molar-refractivity contribution in [3.05, 3.63) is 29.1 Å². The normalized spacial score (nSPS) is 16.5. The number of anilines is 2. The van der Waals surface area contributed by atoms with Gasteiger partial charge in [-0.15, -0.1) is 11.3 Å². The Morgan fingerprint density at radius 1 is 1.45 bits per heavy atom. The summed E-state index contributed by atoms with van der Waals surface area (Å²) >= 11 is 1.27. The summed E-state index contributed by atoms with van der Waals surface area (Å²) < 4.78 is 10.3. The van der Waals surface area contributed by atoms with Gasteiger partial charge in [-0.1, -0.05) is 6.07 Å². The SMILES string of the molecule is COC(=O)c1c(-c2ccc3c(c2)NC(=O)C(C)O3)csc1N. The fourth-order valence-electron chi connectivity index (χ4n) is 2.27. The number of amides is 1. The number of nitrogen functional groups attached to an aromatic ring is 1. The molecular formula is C15H14N2O4S. The fraction of sp³-hybridized carbons (Fsp3) is 0.200. The Morgan fingerprint density at radius 2 is 2.23 bits per heavy atom. The van der Waals surface area contributed by atoms with E-state index in [9.17, 15) is 9.59 Å². The summed E-state index contributed by atoms with van der Waals surface area (Å²) in [4.78, 5) is 23.6. The number of esters is 1. The van der Waals surface area contributed by atoms with Crippen molar-refractivity contribution >= 4 is 33.9 Å². The molecule has 0 radical (unpaired) electrons. The number of methoxy groups -OCH3 is 1. The highest BCUT2D eigenvalue weighted by Gasteiger charge is 2.25. The molecule has 0 bridgehead atoms. The van der Waals surface area contributed by atoms with E-state index < -0.39 is 12.1 Å². The lowest BCUT2D eigenvalue weighted by Crippen LogP contribution is -2.34. The third kappa shape index (κ3) is 2.29. The molecule has 0 saturated heterocycles. The highest BCUT2D eigenvalue weighted by molar-refractivity contribution is 7.14. The van der Waals surface area contributed by atoms with Crippen LogP contribution in [0.4, 0.5) is 10.7 Å². The Labute approximate surface area is 130 Å². The van der Waals surface area contributed by atoms with E-state index >= 15 is 0 Å². The van der Waals surface area contributed by atoms with E-state index in [0.29, 0.717) is 27.6 Å². The van der Waals surface area contributed by atoms with Gasteiger partial charge in [-0.05, 0) is 24.6 Å². The molecular weight excluding hydrogens is 304 g/mol. The Morgan fingerprint density at radius 3 is 2.95 bits per heavy atom. The van der Waals surface area contributed by atoms with Crippen LogP contribution in [0.15, 0.2) is 23.6 Å². The minimum atomic E-state index is -0.527. The van der Waals surface area contributed by atoms with E-state index in [1.54, 1.807) is 24.4 Å². The quantitative estimate of drug-likeness (QED) is 0.830. The molecule has 7 heteroatoms. The number of rotatable bonds is 2. The number of benzene rings is 1. The van der Waals surface area contributed by atoms with Gasteiger partial charge in [0.25, 0.3) is 5.91 Å². The number of ether oxygens (including phenoxy) is 2. The molecule has 2 heterocycles. The summed E-state index contributed by atoms with van der Waals surface area (Å²) in [5, 5.41) is 4.97. The van der Waals surface area contributed by atoms with Gasteiger partial charge in [-0.3, -0.25) is 4.79 Å². The number of carbonyl (C=O) groups excluding carboxylic acids is 2. The van der Waals surface area contributed by atoms with E-state index in [4.69, 9.17) is 15.2 Å². The summed E-state index contributed by atoms with van der Waals surface area (Å²) in [5.41, 5.74) is 8.19. The zero-order chi connectivity index (χ0) is 15.9. The molecule has 0 aliphatic carbocycles. The van der Waals surface area contributed by atoms with Gasteiger partial charge in [0.2, 0.25) is 0 Å². The van der Waals surface area contributed by atoms with Crippen LogP contribution < -0.4 is 15.8 Å². The van der Waals surface area contributed by atoms with E-state index in [2.05, 4.69) is 5.32 Å². The topological polar surface area (TPSA) is 90.6 Å². The number of carbonyl (C=O) groups is 2. The summed E-state index contributed by atoms with van der Waals surface area (Å²) in [6.45, 7) is 1.68. The van der Waals surface area contributed by atoms with Crippen molar-refractivity contribution in [3.63, 3.8) is 0 Å². The lowest BCUT2D eigenvalue weighted by atomic mass is 10.0. The smallest absolute Gasteiger partial charge is 0.341 e. The van der Waals surface area contributed by atoms with Gasteiger partial charge in [0.1, 0.15) is 16.3 Å². The molecule has 0 spiro atoms. The Balaban J connectivity index is 2.06. The zero-order valence-corrected chi connectivity index (χ0v) is 12.8. The molecule has 1 amide bonds. The minimum absolute atomic E-state index is 0.206. The zero-order valence-electron chi connectivity index (χ0n) is 12.0. The number of thiophene rings is 1. The molecule has 1 aliphatic rings. The Hall–Kier alpha value is -2.54. The average molecular weight is 318 g/mol. The lowest BCUT2D eigenvalue weighted by Gasteiger charge is -2.23. The van der Waals surface area contributed by atoms with Crippen LogP contribution in [0.2, 0.25) is 0 Å². The largest absolute Gasteiger partial charge is 0.479 e. The van der Waals surface area contributed by atoms with Crippen LogP contribution >= 0.6 is 11.3 Å². The van der Waals surface area contributed by atoms with E-state index in [0.717, 1.165) is 5.56 Å². The minimum Gasteiger partial charge on any atom is -0.479 e. The van der Waals surface area contributed by atoms with Gasteiger partial charge < -0.3 is 20.5 Å². The van der Waals surface area contributed by atoms with Crippen molar-refractivity contribution in [2.24, 2.45) is 0 Å². The van der Waals surface area contributed by atoms with E-state index in [1.807, 2.05) is 6.07 Å². The molecule has 22 heavy (non-hydrogen) atoms. The number of nitrogens with one attached hydrogen (secondary N) is 1. The van der Waals surface area contributed by atoms with E-state index in [1.165, 1.54) is 18.4 Å². The third-order valence-corrected chi connectivity index (χ3v) is 4.24. The fourth-order valence-corrected chi connectivity index (χ4v) is 3.08. The second-order valence-corrected chi connectivity index (χ2v) is 5.75. The van der Waals surface area contributed by atoms with Crippen LogP contribution in [0.5, 0.6) is 5.75 Å². The van der Waals surface area contributed by atoms with Crippen molar-refractivity contribution in [2.75, 3.05) is 18.2 Å². The predicted octanol–water partition coefficient (Wildman–Crippen LogP) is 2.50. The van der Waals surface area contributed by atoms with Gasteiger partial charge in [-0.25, -0.2) is 4.79 Å². The summed E-state index contributed by atoms with van der Waals surface area (Å²) in [6.07, 6.45) is -0.527. The first kappa shape index (κ1) is 14.4. The van der Waals surface area contributed by atoms with Crippen molar-refractivity contribution in [2.45, 2.75) is 13.0 Å². The van der Waals surface area contributed by atoms with Crippen molar-refractivity contribution in [1.82, 2.24) is 0 Å². The van der Waals surface area contributed by atoms with Crippen LogP contribution in [0.25, 0.3) is 11.1 Å². The Bertz CT molecular complexity index is 769. The van der Waals surface area contributed by atoms with Gasteiger partial charge in [-0.2, -0.15) is 0 Å². The molecule has 2 aromatic rings. The number of nitrogens with two attached hydrogens (primary N) is 1. The molecule has 3 rings (SSSR count). The van der Waals surface area contributed by atoms with Crippen molar-refractivity contribution < 1.29 is 19.1 Å².